The van der Waals surface area contributed by atoms with Crippen LogP contribution in [0.5, 0.6) is 0 Å². The fraction of sp³-hybridized carbons (Fsp3) is 0.500. The van der Waals surface area contributed by atoms with Gasteiger partial charge in [-0.1, -0.05) is 18.2 Å². The van der Waals surface area contributed by atoms with Gasteiger partial charge in [-0.05, 0) is 44.4 Å². The van der Waals surface area contributed by atoms with Gasteiger partial charge in [0.25, 0.3) is 0 Å². The van der Waals surface area contributed by atoms with Crippen molar-refractivity contribution in [2.45, 2.75) is 45.3 Å². The Morgan fingerprint density at radius 1 is 1.46 bits per heavy atom. The molecule has 0 amide bonds. The lowest BCUT2D eigenvalue weighted by atomic mass is 9.85. The Labute approximate surface area is 153 Å². The number of aliphatic hydroxyl groups excluding tert-OH is 2. The van der Waals surface area contributed by atoms with Crippen LogP contribution in [0.15, 0.2) is 47.1 Å². The molecule has 0 unspecified atom stereocenters. The fourth-order valence-corrected chi connectivity index (χ4v) is 3.21. The molecule has 0 radical (unpaired) electrons. The van der Waals surface area contributed by atoms with Crippen LogP contribution in [0.2, 0.25) is 0 Å². The summed E-state index contributed by atoms with van der Waals surface area (Å²) in [6.07, 6.45) is 5.76. The highest BCUT2D eigenvalue weighted by molar-refractivity contribution is 5.92. The first kappa shape index (κ1) is 20.1. The third-order valence-electron chi connectivity index (χ3n) is 4.73. The van der Waals surface area contributed by atoms with E-state index in [1.165, 1.54) is 6.08 Å². The maximum absolute atomic E-state index is 12.3. The van der Waals surface area contributed by atoms with Gasteiger partial charge in [-0.3, -0.25) is 0 Å². The third kappa shape index (κ3) is 4.71. The van der Waals surface area contributed by atoms with Crippen LogP contribution in [0.3, 0.4) is 0 Å². The number of hydrogen-bond acceptors (Lipinski definition) is 6. The molecule has 1 heterocycles. The second-order valence-electron chi connectivity index (χ2n) is 6.71. The number of aliphatic hydroxyl groups is 2. The molecule has 2 aliphatic rings. The van der Waals surface area contributed by atoms with Crippen molar-refractivity contribution in [3.8, 4) is 0 Å². The van der Waals surface area contributed by atoms with E-state index < -0.39 is 30.1 Å². The molecule has 142 valence electrons. The average Bonchev–Trinajstić information content (AvgIpc) is 2.86. The largest absolute Gasteiger partial charge is 0.458 e. The number of ether oxygens (including phenoxy) is 2. The molecule has 2 N–H and O–H groups in total. The van der Waals surface area contributed by atoms with Crippen LogP contribution < -0.4 is 0 Å². The van der Waals surface area contributed by atoms with Crippen molar-refractivity contribution in [1.82, 2.24) is 0 Å². The van der Waals surface area contributed by atoms with Gasteiger partial charge in [0.1, 0.15) is 12.2 Å². The van der Waals surface area contributed by atoms with Crippen LogP contribution >= 0.6 is 0 Å². The SMILES string of the molecule is C=C1C(=O)O[C@@H]2/C=C(\C)CC/C=C(\CO)C[C@@H](OC(=O)/C(C)=C/CO)[C@@H]12. The molecular weight excluding hydrogens is 336 g/mol. The zero-order chi connectivity index (χ0) is 19.3. The van der Waals surface area contributed by atoms with E-state index in [0.717, 1.165) is 24.0 Å². The minimum atomic E-state index is -0.700. The summed E-state index contributed by atoms with van der Waals surface area (Å²) >= 11 is 0. The van der Waals surface area contributed by atoms with Crippen LogP contribution in [0.25, 0.3) is 0 Å². The summed E-state index contributed by atoms with van der Waals surface area (Å²) < 4.78 is 11.1. The fourth-order valence-electron chi connectivity index (χ4n) is 3.21. The van der Waals surface area contributed by atoms with E-state index in [1.807, 2.05) is 19.1 Å². The molecule has 0 saturated carbocycles. The van der Waals surface area contributed by atoms with Crippen molar-refractivity contribution in [2.75, 3.05) is 13.2 Å². The Balaban J connectivity index is 2.39. The zero-order valence-corrected chi connectivity index (χ0v) is 15.2. The summed E-state index contributed by atoms with van der Waals surface area (Å²) in [5.41, 5.74) is 2.34. The Bertz CT molecular complexity index is 670. The highest BCUT2D eigenvalue weighted by atomic mass is 16.6. The molecule has 0 aromatic heterocycles. The van der Waals surface area contributed by atoms with Gasteiger partial charge in [0.2, 0.25) is 0 Å². The third-order valence-corrected chi connectivity index (χ3v) is 4.73. The van der Waals surface area contributed by atoms with Gasteiger partial charge in [-0.2, -0.15) is 0 Å². The molecule has 1 saturated heterocycles. The molecule has 1 aliphatic carbocycles. The summed E-state index contributed by atoms with van der Waals surface area (Å²) in [6, 6.07) is 0. The van der Waals surface area contributed by atoms with E-state index in [9.17, 15) is 14.7 Å². The maximum Gasteiger partial charge on any atom is 0.334 e. The summed E-state index contributed by atoms with van der Waals surface area (Å²) in [5, 5.41) is 18.6. The van der Waals surface area contributed by atoms with Gasteiger partial charge in [-0.25, -0.2) is 9.59 Å². The second-order valence-corrected chi connectivity index (χ2v) is 6.71. The molecule has 2 rings (SSSR count). The molecule has 0 bridgehead atoms. The summed E-state index contributed by atoms with van der Waals surface area (Å²) in [4.78, 5) is 24.4. The first-order valence-electron chi connectivity index (χ1n) is 8.71. The van der Waals surface area contributed by atoms with Gasteiger partial charge in [0.05, 0.1) is 19.1 Å². The number of allylic oxidation sites excluding steroid dienone is 2. The van der Waals surface area contributed by atoms with Crippen molar-refractivity contribution in [3.05, 3.63) is 47.1 Å². The molecule has 26 heavy (non-hydrogen) atoms. The summed E-state index contributed by atoms with van der Waals surface area (Å²) in [7, 11) is 0. The molecule has 1 fully saturated rings. The molecule has 6 nitrogen and oxygen atoms in total. The maximum atomic E-state index is 12.3. The average molecular weight is 362 g/mol. The Morgan fingerprint density at radius 2 is 2.19 bits per heavy atom. The number of esters is 2. The van der Waals surface area contributed by atoms with E-state index in [2.05, 4.69) is 6.58 Å². The number of hydrogen-bond donors (Lipinski definition) is 2. The van der Waals surface area contributed by atoms with Crippen molar-refractivity contribution in [3.63, 3.8) is 0 Å². The standard InChI is InChI=1S/C20H26O6/c1-12-5-4-6-15(11-22)10-17(25-19(23)13(2)7-8-21)18-14(3)20(24)26-16(18)9-12/h6-7,9,16-18,21-22H,3-5,8,10-11H2,1-2H3/b12-9+,13-7+,15-6-/t16-,17-,18+/m1/s1. The van der Waals surface area contributed by atoms with E-state index in [0.29, 0.717) is 6.42 Å². The van der Waals surface area contributed by atoms with Crippen LogP contribution in [0.4, 0.5) is 0 Å². The first-order chi connectivity index (χ1) is 12.4. The van der Waals surface area contributed by atoms with Crippen molar-refractivity contribution < 1.29 is 29.3 Å². The monoisotopic (exact) mass is 362 g/mol. The van der Waals surface area contributed by atoms with Crippen LogP contribution in [0.1, 0.15) is 33.1 Å². The first-order valence-corrected chi connectivity index (χ1v) is 8.71. The number of rotatable bonds is 4. The van der Waals surface area contributed by atoms with E-state index in [-0.39, 0.29) is 24.4 Å². The molecule has 6 heteroatoms. The Kier molecular flexibility index (Phi) is 6.94. The molecule has 0 aromatic carbocycles. The van der Waals surface area contributed by atoms with Crippen LogP contribution in [0, 0.1) is 5.92 Å². The number of carbonyl (C=O) groups excluding carboxylic acids is 2. The normalized spacial score (nSPS) is 31.2. The minimum absolute atomic E-state index is 0.152. The Morgan fingerprint density at radius 3 is 2.85 bits per heavy atom. The predicted octanol–water partition coefficient (Wildman–Crippen LogP) is 1.98. The van der Waals surface area contributed by atoms with Gasteiger partial charge >= 0.3 is 11.9 Å². The number of fused-ring (bicyclic) bond motifs is 1. The van der Waals surface area contributed by atoms with E-state index in [4.69, 9.17) is 14.6 Å². The molecule has 0 spiro atoms. The summed E-state index contributed by atoms with van der Waals surface area (Å²) in [6.45, 7) is 6.91. The highest BCUT2D eigenvalue weighted by Crippen LogP contribution is 2.36. The lowest BCUT2D eigenvalue weighted by Crippen LogP contribution is -2.34. The number of carbonyl (C=O) groups is 2. The van der Waals surface area contributed by atoms with Crippen LogP contribution in [-0.2, 0) is 19.1 Å². The van der Waals surface area contributed by atoms with E-state index >= 15 is 0 Å². The highest BCUT2D eigenvalue weighted by Gasteiger charge is 2.44. The smallest absolute Gasteiger partial charge is 0.334 e. The molecule has 1 aliphatic heterocycles. The molecule has 3 atom stereocenters. The van der Waals surface area contributed by atoms with Gasteiger partial charge in [-0.15, -0.1) is 0 Å². The van der Waals surface area contributed by atoms with Gasteiger partial charge < -0.3 is 19.7 Å². The summed E-state index contributed by atoms with van der Waals surface area (Å²) in [5.74, 6) is -1.59. The van der Waals surface area contributed by atoms with Crippen molar-refractivity contribution >= 4 is 11.9 Å². The second kappa shape index (κ2) is 8.96. The van der Waals surface area contributed by atoms with Crippen molar-refractivity contribution in [2.24, 2.45) is 5.92 Å². The molecule has 0 aromatic rings. The quantitative estimate of drug-likeness (QED) is 0.451. The topological polar surface area (TPSA) is 93.1 Å². The van der Waals surface area contributed by atoms with Crippen LogP contribution in [-0.4, -0.2) is 47.6 Å². The van der Waals surface area contributed by atoms with Gasteiger partial charge in [0, 0.05) is 17.6 Å². The Hall–Kier alpha value is -2.18. The van der Waals surface area contributed by atoms with Crippen molar-refractivity contribution in [1.29, 1.82) is 0 Å². The van der Waals surface area contributed by atoms with E-state index in [1.54, 1.807) is 6.92 Å². The zero-order valence-electron chi connectivity index (χ0n) is 15.2. The minimum Gasteiger partial charge on any atom is -0.458 e. The lowest BCUT2D eigenvalue weighted by molar-refractivity contribution is -0.147. The predicted molar refractivity (Wildman–Crippen MR) is 96.0 cm³/mol. The molecular formula is C20H26O6. The lowest BCUT2D eigenvalue weighted by Gasteiger charge is -2.27. The van der Waals surface area contributed by atoms with Gasteiger partial charge in [0.15, 0.2) is 0 Å².